The monoisotopic (exact) mass is 352 g/mol. The number of carbonyl (C=O) groups is 1. The molecule has 1 amide bonds. The zero-order chi connectivity index (χ0) is 17.4. The third kappa shape index (κ3) is 2.87. The molecule has 3 aromatic rings. The summed E-state index contributed by atoms with van der Waals surface area (Å²) < 4.78 is 1.79. The van der Waals surface area contributed by atoms with Gasteiger partial charge in [-0.3, -0.25) is 4.79 Å². The van der Waals surface area contributed by atoms with Crippen LogP contribution in [-0.2, 0) is 13.0 Å². The predicted molar refractivity (Wildman–Crippen MR) is 98.2 cm³/mol. The number of nitrogens with zero attached hydrogens (tertiary/aromatic N) is 4. The lowest BCUT2D eigenvalue weighted by molar-refractivity contribution is 0.0734. The van der Waals surface area contributed by atoms with Crippen molar-refractivity contribution >= 4 is 17.2 Å². The van der Waals surface area contributed by atoms with Crippen molar-refractivity contribution < 1.29 is 4.79 Å². The molecule has 0 radical (unpaired) electrons. The average molecular weight is 352 g/mol. The van der Waals surface area contributed by atoms with E-state index in [1.54, 1.807) is 28.4 Å². The minimum absolute atomic E-state index is 0.0581. The van der Waals surface area contributed by atoms with Crippen LogP contribution in [0.5, 0.6) is 0 Å². The molecule has 0 spiro atoms. The van der Waals surface area contributed by atoms with Crippen LogP contribution in [-0.4, -0.2) is 32.1 Å². The van der Waals surface area contributed by atoms with Crippen molar-refractivity contribution in [2.45, 2.75) is 32.7 Å². The Balaban J connectivity index is 1.69. The summed E-state index contributed by atoms with van der Waals surface area (Å²) in [7, 11) is 0. The van der Waals surface area contributed by atoms with E-state index in [9.17, 15) is 4.79 Å². The zero-order valence-corrected chi connectivity index (χ0v) is 15.2. The third-order valence-corrected chi connectivity index (χ3v) is 5.57. The highest BCUT2D eigenvalue weighted by Crippen LogP contribution is 2.28. The van der Waals surface area contributed by atoms with E-state index in [4.69, 9.17) is 0 Å². The lowest BCUT2D eigenvalue weighted by atomic mass is 10.0. The molecule has 25 heavy (non-hydrogen) atoms. The zero-order valence-electron chi connectivity index (χ0n) is 14.3. The van der Waals surface area contributed by atoms with Gasteiger partial charge in [0.25, 0.3) is 5.91 Å². The molecule has 0 atom stereocenters. The average Bonchev–Trinajstić information content (AvgIpc) is 3.28. The Morgan fingerprint density at radius 2 is 2.16 bits per heavy atom. The fraction of sp³-hybridized carbons (Fsp3) is 0.316. The molecule has 0 aromatic carbocycles. The van der Waals surface area contributed by atoms with Crippen LogP contribution < -0.4 is 0 Å². The lowest BCUT2D eigenvalue weighted by Gasteiger charge is -2.27. The highest BCUT2D eigenvalue weighted by molar-refractivity contribution is 7.10. The van der Waals surface area contributed by atoms with Crippen LogP contribution in [0.15, 0.2) is 42.0 Å². The van der Waals surface area contributed by atoms with Gasteiger partial charge in [-0.1, -0.05) is 19.9 Å². The first-order valence-corrected chi connectivity index (χ1v) is 9.37. The van der Waals surface area contributed by atoms with Gasteiger partial charge in [-0.2, -0.15) is 5.10 Å². The van der Waals surface area contributed by atoms with Crippen LogP contribution >= 0.6 is 11.3 Å². The summed E-state index contributed by atoms with van der Waals surface area (Å²) in [4.78, 5) is 20.9. The lowest BCUT2D eigenvalue weighted by Crippen LogP contribution is -2.35. The second kappa shape index (κ2) is 6.44. The van der Waals surface area contributed by atoms with Crippen molar-refractivity contribution in [1.82, 2.24) is 19.7 Å². The Morgan fingerprint density at radius 3 is 2.92 bits per heavy atom. The molecule has 0 saturated heterocycles. The molecular weight excluding hydrogens is 332 g/mol. The van der Waals surface area contributed by atoms with Gasteiger partial charge in [0.1, 0.15) is 0 Å². The van der Waals surface area contributed by atoms with Crippen LogP contribution in [0.2, 0.25) is 0 Å². The molecule has 0 N–H and O–H groups in total. The maximum absolute atomic E-state index is 13.2. The number of rotatable bonds is 3. The van der Waals surface area contributed by atoms with Gasteiger partial charge in [-0.05, 0) is 41.5 Å². The molecule has 4 heterocycles. The molecule has 0 fully saturated rings. The number of hydrogen-bond donors (Lipinski definition) is 0. The number of carbonyl (C=O) groups excluding carboxylic acids is 1. The molecule has 0 saturated carbocycles. The minimum Gasteiger partial charge on any atom is -0.334 e. The molecule has 5 nitrogen and oxygen atoms in total. The fourth-order valence-electron chi connectivity index (χ4n) is 3.33. The SMILES string of the molecule is CC(C)c1c(C(=O)N2CCc3sccc3C2)cnn1-c1ccccn1. The van der Waals surface area contributed by atoms with Gasteiger partial charge in [0.15, 0.2) is 5.82 Å². The molecule has 3 aromatic heterocycles. The van der Waals surface area contributed by atoms with Gasteiger partial charge in [0.05, 0.1) is 17.5 Å². The fourth-order valence-corrected chi connectivity index (χ4v) is 4.22. The molecule has 128 valence electrons. The van der Waals surface area contributed by atoms with E-state index in [2.05, 4.69) is 35.4 Å². The van der Waals surface area contributed by atoms with E-state index >= 15 is 0 Å². The van der Waals surface area contributed by atoms with E-state index < -0.39 is 0 Å². The summed E-state index contributed by atoms with van der Waals surface area (Å²) in [5.74, 6) is 0.969. The summed E-state index contributed by atoms with van der Waals surface area (Å²) in [6.07, 6.45) is 4.37. The molecule has 4 rings (SSSR count). The van der Waals surface area contributed by atoms with E-state index in [0.717, 1.165) is 24.5 Å². The van der Waals surface area contributed by atoms with Crippen LogP contribution in [0.4, 0.5) is 0 Å². The highest BCUT2D eigenvalue weighted by Gasteiger charge is 2.27. The summed E-state index contributed by atoms with van der Waals surface area (Å²) in [5.41, 5.74) is 2.87. The van der Waals surface area contributed by atoms with Gasteiger partial charge < -0.3 is 4.90 Å². The maximum atomic E-state index is 13.2. The Kier molecular flexibility index (Phi) is 4.13. The normalized spacial score (nSPS) is 14.0. The van der Waals surface area contributed by atoms with Crippen molar-refractivity contribution in [2.24, 2.45) is 0 Å². The van der Waals surface area contributed by atoms with Crippen molar-refractivity contribution in [3.05, 3.63) is 63.7 Å². The largest absolute Gasteiger partial charge is 0.334 e. The highest BCUT2D eigenvalue weighted by atomic mass is 32.1. The van der Waals surface area contributed by atoms with Gasteiger partial charge in [-0.15, -0.1) is 11.3 Å². The van der Waals surface area contributed by atoms with Crippen LogP contribution in [0.3, 0.4) is 0 Å². The van der Waals surface area contributed by atoms with Crippen LogP contribution in [0.25, 0.3) is 5.82 Å². The third-order valence-electron chi connectivity index (χ3n) is 4.54. The first-order valence-electron chi connectivity index (χ1n) is 8.49. The van der Waals surface area contributed by atoms with E-state index in [-0.39, 0.29) is 11.8 Å². The number of fused-ring (bicyclic) bond motifs is 1. The van der Waals surface area contributed by atoms with Gasteiger partial charge in [0, 0.05) is 24.2 Å². The van der Waals surface area contributed by atoms with Gasteiger partial charge in [-0.25, -0.2) is 9.67 Å². The van der Waals surface area contributed by atoms with E-state index in [0.29, 0.717) is 12.1 Å². The summed E-state index contributed by atoms with van der Waals surface area (Å²) in [5, 5.41) is 6.58. The first kappa shape index (κ1) is 16.0. The van der Waals surface area contributed by atoms with Crippen molar-refractivity contribution in [1.29, 1.82) is 0 Å². The molecule has 1 aliphatic heterocycles. The first-order chi connectivity index (χ1) is 12.1. The van der Waals surface area contributed by atoms with Crippen molar-refractivity contribution in [2.75, 3.05) is 6.54 Å². The molecule has 1 aliphatic rings. The molecule has 6 heteroatoms. The molecule has 0 unspecified atom stereocenters. The Labute approximate surface area is 150 Å². The Hall–Kier alpha value is -2.47. The van der Waals surface area contributed by atoms with Crippen molar-refractivity contribution in [3.63, 3.8) is 0 Å². The van der Waals surface area contributed by atoms with Gasteiger partial charge in [0.2, 0.25) is 0 Å². The quantitative estimate of drug-likeness (QED) is 0.723. The topological polar surface area (TPSA) is 51.0 Å². The number of pyridine rings is 1. The number of aromatic nitrogens is 3. The molecule has 0 aliphatic carbocycles. The number of hydrogen-bond acceptors (Lipinski definition) is 4. The minimum atomic E-state index is 0.0581. The van der Waals surface area contributed by atoms with E-state index in [1.807, 2.05) is 23.1 Å². The van der Waals surface area contributed by atoms with Crippen LogP contribution in [0, 0.1) is 0 Å². The number of thiophene rings is 1. The van der Waals surface area contributed by atoms with E-state index in [1.165, 1.54) is 10.4 Å². The van der Waals surface area contributed by atoms with Gasteiger partial charge >= 0.3 is 0 Å². The molecule has 0 bridgehead atoms. The summed E-state index contributed by atoms with van der Waals surface area (Å²) in [6.45, 7) is 5.61. The number of amides is 1. The second-order valence-corrected chi connectivity index (χ2v) is 7.54. The van der Waals surface area contributed by atoms with Crippen LogP contribution in [0.1, 0.15) is 46.3 Å². The smallest absolute Gasteiger partial charge is 0.257 e. The predicted octanol–water partition coefficient (Wildman–Crippen LogP) is 3.65. The maximum Gasteiger partial charge on any atom is 0.257 e. The standard InChI is InChI=1S/C19H20N4OS/c1-13(2)18-15(11-21-23(18)17-5-3-4-8-20-17)19(24)22-9-6-16-14(12-22)7-10-25-16/h3-5,7-8,10-11,13H,6,9,12H2,1-2H3. The summed E-state index contributed by atoms with van der Waals surface area (Å²) in [6, 6.07) is 7.84. The van der Waals surface area contributed by atoms with Crippen molar-refractivity contribution in [3.8, 4) is 5.82 Å². The Morgan fingerprint density at radius 1 is 1.28 bits per heavy atom. The Bertz CT molecular complexity index is 897. The summed E-state index contributed by atoms with van der Waals surface area (Å²) >= 11 is 1.78. The molecular formula is C19H20N4OS. The second-order valence-electron chi connectivity index (χ2n) is 6.54.